The Bertz CT molecular complexity index is 576. The smallest absolute Gasteiger partial charge is 0.104 e. The molecular weight excluding hydrogens is 314 g/mol. The lowest BCUT2D eigenvalue weighted by molar-refractivity contribution is -0.0563. The van der Waals surface area contributed by atoms with E-state index in [1.54, 1.807) is 0 Å². The quantitative estimate of drug-likeness (QED) is 0.835. The van der Waals surface area contributed by atoms with E-state index in [0.717, 1.165) is 57.3 Å². The van der Waals surface area contributed by atoms with Crippen LogP contribution >= 0.6 is 0 Å². The van der Waals surface area contributed by atoms with Crippen molar-refractivity contribution in [1.29, 1.82) is 0 Å². The Kier molecular flexibility index (Phi) is 5.36. The van der Waals surface area contributed by atoms with Crippen LogP contribution in [0, 0.1) is 12.8 Å². The zero-order valence-corrected chi connectivity index (χ0v) is 15.5. The zero-order valence-electron chi connectivity index (χ0n) is 15.5. The molecule has 0 aromatic carbocycles. The first kappa shape index (κ1) is 17.4. The third-order valence-corrected chi connectivity index (χ3v) is 5.76. The first-order valence-corrected chi connectivity index (χ1v) is 9.80. The second-order valence-electron chi connectivity index (χ2n) is 8.11. The van der Waals surface area contributed by atoms with Crippen LogP contribution in [0.4, 0.5) is 0 Å². The van der Waals surface area contributed by atoms with Crippen LogP contribution in [-0.2, 0) is 16.0 Å². The molecule has 0 bridgehead atoms. The number of hydrogen-bond acceptors (Lipinski definition) is 5. The van der Waals surface area contributed by atoms with Gasteiger partial charge in [0.25, 0.3) is 0 Å². The van der Waals surface area contributed by atoms with Gasteiger partial charge in [0.2, 0.25) is 0 Å². The minimum Gasteiger partial charge on any atom is -0.377 e. The number of nitrogens with zero attached hydrogens (tertiary/aromatic N) is 3. The number of likely N-dealkylation sites (tertiary alicyclic amines) is 1. The highest BCUT2D eigenvalue weighted by Gasteiger charge is 2.43. The van der Waals surface area contributed by atoms with E-state index in [1.165, 1.54) is 32.5 Å². The molecule has 1 spiro atoms. The summed E-state index contributed by atoms with van der Waals surface area (Å²) in [4.78, 5) is 9.74. The van der Waals surface area contributed by atoms with Crippen molar-refractivity contribution in [3.05, 3.63) is 29.6 Å². The number of pyridine rings is 1. The Morgan fingerprint density at radius 1 is 1.20 bits per heavy atom. The van der Waals surface area contributed by atoms with Gasteiger partial charge < -0.3 is 14.4 Å². The van der Waals surface area contributed by atoms with Gasteiger partial charge in [-0.3, -0.25) is 9.88 Å². The van der Waals surface area contributed by atoms with Gasteiger partial charge in [0, 0.05) is 31.9 Å². The molecule has 0 amide bonds. The van der Waals surface area contributed by atoms with E-state index in [1.807, 2.05) is 0 Å². The molecule has 4 rings (SSSR count). The zero-order chi connectivity index (χ0) is 17.1. The molecule has 25 heavy (non-hydrogen) atoms. The van der Waals surface area contributed by atoms with Gasteiger partial charge in [0.05, 0.1) is 25.5 Å². The minimum atomic E-state index is -0.120. The van der Waals surface area contributed by atoms with Gasteiger partial charge in [-0.25, -0.2) is 0 Å². The third kappa shape index (κ3) is 4.40. The van der Waals surface area contributed by atoms with Crippen LogP contribution in [-0.4, -0.2) is 72.9 Å². The normalized spacial score (nSPS) is 31.6. The summed E-state index contributed by atoms with van der Waals surface area (Å²) in [7, 11) is 0. The van der Waals surface area contributed by atoms with E-state index in [4.69, 9.17) is 9.47 Å². The van der Waals surface area contributed by atoms with Gasteiger partial charge in [0.1, 0.15) is 5.60 Å². The van der Waals surface area contributed by atoms with Crippen molar-refractivity contribution in [2.45, 2.75) is 38.3 Å². The standard InChI is InChI=1S/C20H31N3O2/c1-17-5-4-6-19(21-17)13-23-9-10-24-16-20(15-23)11-18(14-25-20)12-22-7-2-3-8-22/h4-6,18H,2-3,7-16H2,1H3/t18-,20-/m0/s1. The van der Waals surface area contributed by atoms with Gasteiger partial charge >= 0.3 is 0 Å². The molecule has 0 radical (unpaired) electrons. The molecule has 0 aliphatic carbocycles. The number of ether oxygens (including phenoxy) is 2. The minimum absolute atomic E-state index is 0.120. The molecule has 0 N–H and O–H groups in total. The molecule has 3 fully saturated rings. The fourth-order valence-corrected chi connectivity index (χ4v) is 4.63. The largest absolute Gasteiger partial charge is 0.377 e. The molecule has 5 heteroatoms. The second-order valence-corrected chi connectivity index (χ2v) is 8.11. The fraction of sp³-hybridized carbons (Fsp3) is 0.750. The lowest BCUT2D eigenvalue weighted by Gasteiger charge is -2.31. The molecule has 3 aliphatic rings. The van der Waals surface area contributed by atoms with Gasteiger partial charge in [0.15, 0.2) is 0 Å². The van der Waals surface area contributed by atoms with Crippen LogP contribution in [0.3, 0.4) is 0 Å². The van der Waals surface area contributed by atoms with Crippen molar-refractivity contribution in [2.75, 3.05) is 52.5 Å². The first-order chi connectivity index (χ1) is 12.2. The fourth-order valence-electron chi connectivity index (χ4n) is 4.63. The van der Waals surface area contributed by atoms with Gasteiger partial charge in [-0.2, -0.15) is 0 Å². The van der Waals surface area contributed by atoms with Crippen molar-refractivity contribution in [1.82, 2.24) is 14.8 Å². The molecule has 4 heterocycles. The molecule has 0 saturated carbocycles. The maximum atomic E-state index is 6.36. The van der Waals surface area contributed by atoms with Crippen LogP contribution in [0.15, 0.2) is 18.2 Å². The summed E-state index contributed by atoms with van der Waals surface area (Å²) >= 11 is 0. The first-order valence-electron chi connectivity index (χ1n) is 9.80. The highest BCUT2D eigenvalue weighted by Crippen LogP contribution is 2.34. The summed E-state index contributed by atoms with van der Waals surface area (Å²) in [5, 5.41) is 0. The summed E-state index contributed by atoms with van der Waals surface area (Å²) in [5.41, 5.74) is 2.11. The summed E-state index contributed by atoms with van der Waals surface area (Å²) in [6.07, 6.45) is 3.85. The number of aryl methyl sites for hydroxylation is 1. The van der Waals surface area contributed by atoms with Gasteiger partial charge in [-0.15, -0.1) is 0 Å². The van der Waals surface area contributed by atoms with Crippen LogP contribution in [0.25, 0.3) is 0 Å². The number of rotatable bonds is 4. The predicted molar refractivity (Wildman–Crippen MR) is 97.5 cm³/mol. The van der Waals surface area contributed by atoms with Crippen LogP contribution in [0.1, 0.15) is 30.7 Å². The molecule has 2 atom stereocenters. The van der Waals surface area contributed by atoms with Gasteiger partial charge in [-0.05, 0) is 57.3 Å². The SMILES string of the molecule is Cc1cccc(CN2CCOC[C@]3(C[C@@H](CN4CCCC4)CO3)C2)n1. The summed E-state index contributed by atoms with van der Waals surface area (Å²) in [6, 6.07) is 6.27. The van der Waals surface area contributed by atoms with Gasteiger partial charge in [-0.1, -0.05) is 6.07 Å². The van der Waals surface area contributed by atoms with Crippen molar-refractivity contribution in [3.8, 4) is 0 Å². The summed E-state index contributed by atoms with van der Waals surface area (Å²) < 4.78 is 12.3. The predicted octanol–water partition coefficient (Wildman–Crippen LogP) is 2.09. The third-order valence-electron chi connectivity index (χ3n) is 5.76. The Balaban J connectivity index is 1.37. The average Bonchev–Trinajstić information content (AvgIpc) is 3.18. The topological polar surface area (TPSA) is 37.8 Å². The summed E-state index contributed by atoms with van der Waals surface area (Å²) in [5.74, 6) is 0.652. The van der Waals surface area contributed by atoms with Crippen LogP contribution in [0.5, 0.6) is 0 Å². The van der Waals surface area contributed by atoms with Crippen LogP contribution in [0.2, 0.25) is 0 Å². The second kappa shape index (κ2) is 7.70. The van der Waals surface area contributed by atoms with Crippen LogP contribution < -0.4 is 0 Å². The Morgan fingerprint density at radius 3 is 2.92 bits per heavy atom. The Hall–Kier alpha value is -1.01. The molecule has 1 aromatic rings. The monoisotopic (exact) mass is 345 g/mol. The van der Waals surface area contributed by atoms with E-state index in [9.17, 15) is 0 Å². The molecule has 3 saturated heterocycles. The molecule has 0 unspecified atom stereocenters. The lowest BCUT2D eigenvalue weighted by atomic mass is 9.94. The highest BCUT2D eigenvalue weighted by atomic mass is 16.5. The number of hydrogen-bond donors (Lipinski definition) is 0. The molecular formula is C20H31N3O2. The van der Waals surface area contributed by atoms with E-state index in [0.29, 0.717) is 5.92 Å². The molecule has 5 nitrogen and oxygen atoms in total. The van der Waals surface area contributed by atoms with E-state index in [-0.39, 0.29) is 5.60 Å². The van der Waals surface area contributed by atoms with E-state index >= 15 is 0 Å². The van der Waals surface area contributed by atoms with Crippen molar-refractivity contribution in [2.24, 2.45) is 5.92 Å². The Labute approximate surface area is 151 Å². The van der Waals surface area contributed by atoms with Crippen molar-refractivity contribution in [3.63, 3.8) is 0 Å². The summed E-state index contributed by atoms with van der Waals surface area (Å²) in [6.45, 7) is 11.0. The maximum Gasteiger partial charge on any atom is 0.104 e. The highest BCUT2D eigenvalue weighted by molar-refractivity contribution is 5.10. The lowest BCUT2D eigenvalue weighted by Crippen LogP contribution is -2.44. The van der Waals surface area contributed by atoms with Crippen molar-refractivity contribution >= 4 is 0 Å². The molecule has 1 aromatic heterocycles. The van der Waals surface area contributed by atoms with E-state index in [2.05, 4.69) is 39.9 Å². The molecule has 138 valence electrons. The average molecular weight is 345 g/mol. The molecule has 3 aliphatic heterocycles. The van der Waals surface area contributed by atoms with E-state index < -0.39 is 0 Å². The number of aromatic nitrogens is 1. The maximum absolute atomic E-state index is 6.36. The van der Waals surface area contributed by atoms with Crippen molar-refractivity contribution < 1.29 is 9.47 Å². The Morgan fingerprint density at radius 2 is 2.08 bits per heavy atom.